The minimum absolute atomic E-state index is 0.247. The molecule has 1 saturated carbocycles. The van der Waals surface area contributed by atoms with Crippen LogP contribution in [0.2, 0.25) is 0 Å². The second kappa shape index (κ2) is 5.57. The van der Waals surface area contributed by atoms with Gasteiger partial charge in [0.2, 0.25) is 0 Å². The first-order valence-corrected chi connectivity index (χ1v) is 8.54. The van der Waals surface area contributed by atoms with E-state index in [0.29, 0.717) is 17.5 Å². The van der Waals surface area contributed by atoms with Gasteiger partial charge in [0.25, 0.3) is 0 Å². The fraction of sp³-hybridized carbons (Fsp3) is 0.733. The molecule has 2 aliphatic rings. The van der Waals surface area contributed by atoms with Crippen LogP contribution in [0, 0.1) is 17.8 Å². The first-order valence-electron chi connectivity index (χ1n) is 6.98. The van der Waals surface area contributed by atoms with E-state index < -0.39 is 7.80 Å². The molecule has 2 rings (SSSR count). The summed E-state index contributed by atoms with van der Waals surface area (Å²) in [5.74, 6) is 2.12. The van der Waals surface area contributed by atoms with Crippen molar-refractivity contribution in [1.29, 1.82) is 0 Å². The fourth-order valence-electron chi connectivity index (χ4n) is 3.40. The van der Waals surface area contributed by atoms with E-state index >= 15 is 0 Å². The molecule has 0 N–H and O–H groups in total. The first-order chi connectivity index (χ1) is 8.09. The van der Waals surface area contributed by atoms with Crippen LogP contribution in [0.15, 0.2) is 24.3 Å². The van der Waals surface area contributed by atoms with Gasteiger partial charge in [-0.2, -0.15) is 0 Å². The third-order valence-electron chi connectivity index (χ3n) is 4.46. The van der Waals surface area contributed by atoms with Gasteiger partial charge in [0, 0.05) is 11.3 Å². The molecular weight excluding hydrogens is 227 g/mol. The molecular formula is C15H25OP. The highest BCUT2D eigenvalue weighted by Crippen LogP contribution is 2.50. The maximum atomic E-state index is 12.7. The summed E-state index contributed by atoms with van der Waals surface area (Å²) in [6.45, 7) is 6.91. The molecule has 96 valence electrons. The monoisotopic (exact) mass is 252 g/mol. The molecule has 1 fully saturated rings. The van der Waals surface area contributed by atoms with E-state index in [-0.39, 0.29) is 5.66 Å². The van der Waals surface area contributed by atoms with Crippen molar-refractivity contribution in [3.63, 3.8) is 0 Å². The lowest BCUT2D eigenvalue weighted by molar-refractivity contribution is 0.238. The highest BCUT2D eigenvalue weighted by atomic mass is 31.1. The zero-order valence-electron chi connectivity index (χ0n) is 11.2. The molecule has 0 aromatic heterocycles. The average Bonchev–Trinajstić information content (AvgIpc) is 2.80. The lowest BCUT2D eigenvalue weighted by Crippen LogP contribution is -2.31. The summed E-state index contributed by atoms with van der Waals surface area (Å²) >= 11 is 0. The second-order valence-corrected chi connectivity index (χ2v) is 8.34. The number of hydrogen-bond acceptors (Lipinski definition) is 1. The molecule has 17 heavy (non-hydrogen) atoms. The van der Waals surface area contributed by atoms with Crippen molar-refractivity contribution in [2.24, 2.45) is 17.8 Å². The predicted molar refractivity (Wildman–Crippen MR) is 76.2 cm³/mol. The van der Waals surface area contributed by atoms with Crippen LogP contribution in [0.4, 0.5) is 0 Å². The number of rotatable bonds is 3. The van der Waals surface area contributed by atoms with E-state index in [4.69, 9.17) is 0 Å². The summed E-state index contributed by atoms with van der Waals surface area (Å²) in [7, 11) is -1.52. The minimum atomic E-state index is -1.52. The van der Waals surface area contributed by atoms with Crippen molar-refractivity contribution in [2.75, 3.05) is 0 Å². The quantitative estimate of drug-likeness (QED) is 0.676. The fourth-order valence-corrected chi connectivity index (χ4v) is 6.10. The SMILES string of the molecule is CC(C)[C@@H]1CC[C@@H](C)C[C@H]1[PH](=O)C1C=CC=C1. The first kappa shape index (κ1) is 13.1. The summed E-state index contributed by atoms with van der Waals surface area (Å²) < 4.78 is 12.7. The molecule has 2 heteroatoms. The Morgan fingerprint density at radius 2 is 1.82 bits per heavy atom. The smallest absolute Gasteiger partial charge is 0.0895 e. The van der Waals surface area contributed by atoms with Crippen molar-refractivity contribution in [2.45, 2.75) is 51.4 Å². The van der Waals surface area contributed by atoms with E-state index in [0.717, 1.165) is 5.92 Å². The van der Waals surface area contributed by atoms with Crippen molar-refractivity contribution in [1.82, 2.24) is 0 Å². The Kier molecular flexibility index (Phi) is 4.31. The average molecular weight is 252 g/mol. The third kappa shape index (κ3) is 2.94. The van der Waals surface area contributed by atoms with E-state index in [1.54, 1.807) is 0 Å². The largest absolute Gasteiger partial charge is 0.326 e. The molecule has 2 aliphatic carbocycles. The molecule has 0 bridgehead atoms. The Bertz CT molecular complexity index is 331. The second-order valence-electron chi connectivity index (χ2n) is 6.13. The molecule has 0 saturated heterocycles. The van der Waals surface area contributed by atoms with Gasteiger partial charge in [0.05, 0.1) is 7.80 Å². The van der Waals surface area contributed by atoms with Crippen molar-refractivity contribution in [3.05, 3.63) is 24.3 Å². The Morgan fingerprint density at radius 1 is 1.18 bits per heavy atom. The normalized spacial score (nSPS) is 35.6. The minimum Gasteiger partial charge on any atom is -0.326 e. The Morgan fingerprint density at radius 3 is 2.41 bits per heavy atom. The van der Waals surface area contributed by atoms with Gasteiger partial charge < -0.3 is 4.57 Å². The molecule has 0 heterocycles. The van der Waals surface area contributed by atoms with Crippen LogP contribution < -0.4 is 0 Å². The summed E-state index contributed by atoms with van der Waals surface area (Å²) in [5.41, 5.74) is 0.720. The molecule has 0 aromatic rings. The van der Waals surface area contributed by atoms with E-state index in [1.807, 2.05) is 12.2 Å². The summed E-state index contributed by atoms with van der Waals surface area (Å²) in [5, 5.41) is 0. The summed E-state index contributed by atoms with van der Waals surface area (Å²) in [6.07, 6.45) is 12.1. The number of allylic oxidation sites excluding steroid dienone is 4. The Balaban J connectivity index is 2.11. The van der Waals surface area contributed by atoms with Gasteiger partial charge in [-0.1, -0.05) is 51.5 Å². The molecule has 4 atom stereocenters. The van der Waals surface area contributed by atoms with Gasteiger partial charge in [-0.3, -0.25) is 0 Å². The van der Waals surface area contributed by atoms with Crippen molar-refractivity contribution < 1.29 is 4.57 Å². The molecule has 0 aromatic carbocycles. The van der Waals surface area contributed by atoms with Crippen LogP contribution in [0.5, 0.6) is 0 Å². The molecule has 0 radical (unpaired) electrons. The van der Waals surface area contributed by atoms with Gasteiger partial charge in [-0.15, -0.1) is 0 Å². The molecule has 0 amide bonds. The standard InChI is InChI=1S/C15H25OP/c1-11(2)14-9-8-12(3)10-15(14)17(16)13-6-4-5-7-13/h4-7,11-15,17H,8-10H2,1-3H3/t12-,14+,15-/m1/s1. The van der Waals surface area contributed by atoms with E-state index in [2.05, 4.69) is 32.9 Å². The van der Waals surface area contributed by atoms with E-state index in [9.17, 15) is 4.57 Å². The van der Waals surface area contributed by atoms with Crippen LogP contribution in [0.25, 0.3) is 0 Å². The third-order valence-corrected chi connectivity index (χ3v) is 6.90. The Labute approximate surface area is 106 Å². The van der Waals surface area contributed by atoms with Crippen LogP contribution in [0.1, 0.15) is 40.0 Å². The summed E-state index contributed by atoms with van der Waals surface area (Å²) in [4.78, 5) is 0. The van der Waals surface area contributed by atoms with Crippen LogP contribution >= 0.6 is 7.80 Å². The molecule has 1 unspecified atom stereocenters. The van der Waals surface area contributed by atoms with Crippen LogP contribution in [-0.2, 0) is 4.57 Å². The summed E-state index contributed by atoms with van der Waals surface area (Å²) in [6, 6.07) is 0. The maximum absolute atomic E-state index is 12.7. The zero-order valence-corrected chi connectivity index (χ0v) is 12.2. The van der Waals surface area contributed by atoms with Crippen molar-refractivity contribution in [3.8, 4) is 0 Å². The van der Waals surface area contributed by atoms with Crippen molar-refractivity contribution >= 4 is 7.80 Å². The zero-order chi connectivity index (χ0) is 12.4. The molecule has 1 nitrogen and oxygen atoms in total. The highest BCUT2D eigenvalue weighted by molar-refractivity contribution is 7.46. The molecule has 0 aliphatic heterocycles. The highest BCUT2D eigenvalue weighted by Gasteiger charge is 2.36. The van der Waals surface area contributed by atoms with Crippen LogP contribution in [-0.4, -0.2) is 11.3 Å². The van der Waals surface area contributed by atoms with Gasteiger partial charge in [0.15, 0.2) is 0 Å². The van der Waals surface area contributed by atoms with Crippen LogP contribution in [0.3, 0.4) is 0 Å². The van der Waals surface area contributed by atoms with Gasteiger partial charge in [-0.05, 0) is 30.6 Å². The van der Waals surface area contributed by atoms with Gasteiger partial charge in [0.1, 0.15) is 0 Å². The number of hydrogen-bond donors (Lipinski definition) is 0. The van der Waals surface area contributed by atoms with Gasteiger partial charge in [-0.25, -0.2) is 0 Å². The topological polar surface area (TPSA) is 17.1 Å². The maximum Gasteiger partial charge on any atom is 0.0895 e. The molecule has 0 spiro atoms. The lowest BCUT2D eigenvalue weighted by Gasteiger charge is -2.37. The lowest BCUT2D eigenvalue weighted by atomic mass is 9.77. The predicted octanol–water partition coefficient (Wildman–Crippen LogP) is 4.50. The van der Waals surface area contributed by atoms with E-state index in [1.165, 1.54) is 19.3 Å². The Hall–Kier alpha value is -0.290. The van der Waals surface area contributed by atoms with Gasteiger partial charge >= 0.3 is 0 Å².